The molecule has 0 atom stereocenters. The van der Waals surface area contributed by atoms with Crippen LogP contribution in [0.15, 0.2) is 17.4 Å². The second kappa shape index (κ2) is 4.18. The summed E-state index contributed by atoms with van der Waals surface area (Å²) in [5.41, 5.74) is 0. The van der Waals surface area contributed by atoms with Crippen LogP contribution in [0.4, 0.5) is 5.82 Å². The Kier molecular flexibility index (Phi) is 3.16. The van der Waals surface area contributed by atoms with E-state index in [0.717, 1.165) is 17.4 Å². The van der Waals surface area contributed by atoms with Crippen LogP contribution in [0.5, 0.6) is 0 Å². The fourth-order valence-electron chi connectivity index (χ4n) is 0.713. The van der Waals surface area contributed by atoms with Crippen molar-refractivity contribution < 1.29 is 0 Å². The van der Waals surface area contributed by atoms with Gasteiger partial charge >= 0.3 is 0 Å². The van der Waals surface area contributed by atoms with E-state index >= 15 is 0 Å². The molecule has 0 saturated heterocycles. The predicted molar refractivity (Wildman–Crippen MR) is 48.0 cm³/mol. The van der Waals surface area contributed by atoms with E-state index in [-0.39, 0.29) is 0 Å². The van der Waals surface area contributed by atoms with E-state index < -0.39 is 0 Å². The number of nitrogens with zero attached hydrogens (tertiary/aromatic N) is 2. The van der Waals surface area contributed by atoms with E-state index in [1.807, 2.05) is 13.2 Å². The summed E-state index contributed by atoms with van der Waals surface area (Å²) in [5, 5.41) is 4.04. The molecule has 3 nitrogen and oxygen atoms in total. The Morgan fingerprint density at radius 3 is 3.00 bits per heavy atom. The maximum absolute atomic E-state index is 4.27. The third-order valence-electron chi connectivity index (χ3n) is 1.18. The Morgan fingerprint density at radius 1 is 1.55 bits per heavy atom. The maximum atomic E-state index is 4.27. The molecule has 0 aromatic carbocycles. The third-order valence-corrected chi connectivity index (χ3v) is 1.79. The average Bonchev–Trinajstić information content (AvgIpc) is 2.06. The Labute approximate surface area is 70.6 Å². The van der Waals surface area contributed by atoms with Crippen molar-refractivity contribution in [1.82, 2.24) is 9.97 Å². The lowest BCUT2D eigenvalue weighted by atomic mass is 10.6. The Hall–Kier alpha value is -0.770. The van der Waals surface area contributed by atoms with Gasteiger partial charge in [0.2, 0.25) is 0 Å². The van der Waals surface area contributed by atoms with Gasteiger partial charge in [-0.15, -0.1) is 11.8 Å². The summed E-state index contributed by atoms with van der Waals surface area (Å²) >= 11 is 1.60. The normalized spacial score (nSPS) is 9.64. The maximum Gasteiger partial charge on any atom is 0.145 e. The molecule has 4 heteroatoms. The highest BCUT2D eigenvalue weighted by atomic mass is 32.2. The van der Waals surface area contributed by atoms with Crippen LogP contribution < -0.4 is 5.32 Å². The number of hydrogen-bond donors (Lipinski definition) is 1. The first-order valence-electron chi connectivity index (χ1n) is 3.46. The van der Waals surface area contributed by atoms with Gasteiger partial charge in [-0.25, -0.2) is 4.98 Å². The molecular formula is C7H11N3S. The first-order chi connectivity index (χ1) is 5.36. The van der Waals surface area contributed by atoms with Gasteiger partial charge in [-0.1, -0.05) is 0 Å². The quantitative estimate of drug-likeness (QED) is 0.698. The topological polar surface area (TPSA) is 37.8 Å². The van der Waals surface area contributed by atoms with Gasteiger partial charge in [0.25, 0.3) is 0 Å². The fourth-order valence-corrected chi connectivity index (χ4v) is 1.07. The van der Waals surface area contributed by atoms with Crippen LogP contribution >= 0.6 is 11.8 Å². The molecule has 1 rings (SSSR count). The van der Waals surface area contributed by atoms with Gasteiger partial charge in [0.15, 0.2) is 0 Å². The summed E-state index contributed by atoms with van der Waals surface area (Å²) in [6.45, 7) is 2.92. The second-order valence-corrected chi connectivity index (χ2v) is 2.80. The van der Waals surface area contributed by atoms with Crippen molar-refractivity contribution in [2.24, 2.45) is 0 Å². The van der Waals surface area contributed by atoms with Crippen LogP contribution in [0, 0.1) is 0 Å². The van der Waals surface area contributed by atoms with Crippen molar-refractivity contribution in [1.29, 1.82) is 0 Å². The van der Waals surface area contributed by atoms with Crippen molar-refractivity contribution in [3.63, 3.8) is 0 Å². The van der Waals surface area contributed by atoms with Gasteiger partial charge in [0.05, 0.1) is 12.4 Å². The van der Waals surface area contributed by atoms with E-state index in [0.29, 0.717) is 0 Å². The van der Waals surface area contributed by atoms with E-state index in [1.54, 1.807) is 24.2 Å². The molecule has 0 radical (unpaired) electrons. The lowest BCUT2D eigenvalue weighted by Crippen LogP contribution is -1.99. The summed E-state index contributed by atoms with van der Waals surface area (Å²) in [7, 11) is 0. The minimum atomic E-state index is 0.847. The van der Waals surface area contributed by atoms with Crippen molar-refractivity contribution >= 4 is 17.6 Å². The molecule has 0 bridgehead atoms. The third kappa shape index (κ3) is 2.38. The largest absolute Gasteiger partial charge is 0.369 e. The summed E-state index contributed by atoms with van der Waals surface area (Å²) in [6, 6.07) is 0. The molecule has 1 aromatic rings. The van der Waals surface area contributed by atoms with Crippen LogP contribution in [-0.4, -0.2) is 22.8 Å². The van der Waals surface area contributed by atoms with Gasteiger partial charge < -0.3 is 5.32 Å². The molecule has 0 unspecified atom stereocenters. The van der Waals surface area contributed by atoms with Gasteiger partial charge in [-0.2, -0.15) is 0 Å². The first-order valence-corrected chi connectivity index (χ1v) is 4.69. The minimum Gasteiger partial charge on any atom is -0.369 e. The van der Waals surface area contributed by atoms with E-state index in [9.17, 15) is 0 Å². The number of anilines is 1. The summed E-state index contributed by atoms with van der Waals surface area (Å²) in [4.78, 5) is 8.30. The Bertz CT molecular complexity index is 227. The highest BCUT2D eigenvalue weighted by Gasteiger charge is 1.93. The summed E-state index contributed by atoms with van der Waals surface area (Å²) in [5.74, 6) is 0.847. The number of thioether (sulfide) groups is 1. The Morgan fingerprint density at radius 2 is 2.36 bits per heavy atom. The highest BCUT2D eigenvalue weighted by Crippen LogP contribution is 2.11. The molecule has 1 N–H and O–H groups in total. The van der Waals surface area contributed by atoms with Crippen LogP contribution in [0.25, 0.3) is 0 Å². The van der Waals surface area contributed by atoms with Crippen molar-refractivity contribution in [3.05, 3.63) is 12.4 Å². The zero-order valence-electron chi connectivity index (χ0n) is 6.66. The number of aromatic nitrogens is 2. The minimum absolute atomic E-state index is 0.847. The SMILES string of the molecule is CCNc1cncc(SC)n1. The summed E-state index contributed by atoms with van der Waals surface area (Å²) in [6.07, 6.45) is 5.47. The first kappa shape index (κ1) is 8.33. The van der Waals surface area contributed by atoms with Crippen molar-refractivity contribution in [3.8, 4) is 0 Å². The highest BCUT2D eigenvalue weighted by molar-refractivity contribution is 7.98. The van der Waals surface area contributed by atoms with Crippen LogP contribution in [0.1, 0.15) is 6.92 Å². The molecule has 0 aliphatic rings. The second-order valence-electron chi connectivity index (χ2n) is 1.98. The van der Waals surface area contributed by atoms with Crippen molar-refractivity contribution in [2.45, 2.75) is 11.9 Å². The molecule has 1 aromatic heterocycles. The van der Waals surface area contributed by atoms with E-state index in [2.05, 4.69) is 15.3 Å². The van der Waals surface area contributed by atoms with Gasteiger partial charge in [0, 0.05) is 6.54 Å². The van der Waals surface area contributed by atoms with E-state index in [1.165, 1.54) is 0 Å². The van der Waals surface area contributed by atoms with Crippen molar-refractivity contribution in [2.75, 3.05) is 18.1 Å². The smallest absolute Gasteiger partial charge is 0.145 e. The average molecular weight is 169 g/mol. The molecule has 0 aliphatic heterocycles. The zero-order valence-corrected chi connectivity index (χ0v) is 7.48. The monoisotopic (exact) mass is 169 g/mol. The predicted octanol–water partition coefficient (Wildman–Crippen LogP) is 1.63. The lowest BCUT2D eigenvalue weighted by molar-refractivity contribution is 1.03. The van der Waals surface area contributed by atoms with Crippen LogP contribution in [-0.2, 0) is 0 Å². The molecule has 0 saturated carbocycles. The fraction of sp³-hybridized carbons (Fsp3) is 0.429. The number of hydrogen-bond acceptors (Lipinski definition) is 4. The Balaban J connectivity index is 2.74. The molecule has 1 heterocycles. The zero-order chi connectivity index (χ0) is 8.10. The lowest BCUT2D eigenvalue weighted by Gasteiger charge is -2.01. The van der Waals surface area contributed by atoms with Crippen LogP contribution in [0.3, 0.4) is 0 Å². The van der Waals surface area contributed by atoms with Gasteiger partial charge in [-0.3, -0.25) is 4.98 Å². The standard InChI is InChI=1S/C7H11N3S/c1-3-9-6-4-8-5-7(10-6)11-2/h4-5H,3H2,1-2H3,(H,9,10). The molecular weight excluding hydrogens is 158 g/mol. The molecule has 0 fully saturated rings. The molecule has 11 heavy (non-hydrogen) atoms. The van der Waals surface area contributed by atoms with Crippen LogP contribution in [0.2, 0.25) is 0 Å². The van der Waals surface area contributed by atoms with Gasteiger partial charge in [-0.05, 0) is 13.2 Å². The van der Waals surface area contributed by atoms with E-state index in [4.69, 9.17) is 0 Å². The number of nitrogens with one attached hydrogen (secondary N) is 1. The molecule has 0 spiro atoms. The molecule has 0 aliphatic carbocycles. The number of rotatable bonds is 3. The summed E-state index contributed by atoms with van der Waals surface area (Å²) < 4.78 is 0. The van der Waals surface area contributed by atoms with Gasteiger partial charge in [0.1, 0.15) is 10.8 Å². The molecule has 60 valence electrons. The molecule has 0 amide bonds.